The number of amides is 1. The minimum atomic E-state index is -0.717. The minimum Gasteiger partial charge on any atom is -0.493 e. The largest absolute Gasteiger partial charge is 0.493 e. The predicted molar refractivity (Wildman–Crippen MR) is 68.5 cm³/mol. The molecule has 6 heteroatoms. The molecule has 1 rings (SSSR count). The van der Waals surface area contributed by atoms with Crippen LogP contribution in [0.2, 0.25) is 0 Å². The number of nitrogens with one attached hydrogen (secondary N) is 1. The molecule has 0 aromatic heterocycles. The van der Waals surface area contributed by atoms with Gasteiger partial charge in [0.1, 0.15) is 11.8 Å². The van der Waals surface area contributed by atoms with Crippen LogP contribution in [0.1, 0.15) is 13.8 Å². The van der Waals surface area contributed by atoms with E-state index in [-0.39, 0.29) is 5.91 Å². The van der Waals surface area contributed by atoms with Crippen LogP contribution in [0, 0.1) is 0 Å². The average Bonchev–Trinajstić information content (AvgIpc) is 2.37. The molecule has 0 aliphatic carbocycles. The lowest BCUT2D eigenvalue weighted by molar-refractivity contribution is -0.138. The summed E-state index contributed by atoms with van der Waals surface area (Å²) in [6.45, 7) is 2.88. The molecule has 1 atom stereocenters. The number of methoxy groups -OCH3 is 2. The molecule has 0 heterocycles. The Balaban J connectivity index is 2.77. The van der Waals surface area contributed by atoms with Gasteiger partial charge in [0.25, 0.3) is 0 Å². The Bertz CT molecular complexity index is 472. The number of esters is 1. The Morgan fingerprint density at radius 2 is 1.79 bits per heavy atom. The molecule has 0 fully saturated rings. The van der Waals surface area contributed by atoms with Crippen LogP contribution < -0.4 is 19.5 Å². The summed E-state index contributed by atoms with van der Waals surface area (Å²) >= 11 is 0. The van der Waals surface area contributed by atoms with Crippen molar-refractivity contribution in [2.75, 3.05) is 14.2 Å². The van der Waals surface area contributed by atoms with Crippen LogP contribution in [0.4, 0.5) is 0 Å². The van der Waals surface area contributed by atoms with Gasteiger partial charge in [-0.2, -0.15) is 0 Å². The molecule has 0 spiro atoms. The maximum atomic E-state index is 11.7. The second-order valence-corrected chi connectivity index (χ2v) is 3.86. The molecule has 0 saturated carbocycles. The van der Waals surface area contributed by atoms with E-state index in [1.165, 1.54) is 27.2 Å². The van der Waals surface area contributed by atoms with Crippen molar-refractivity contribution >= 4 is 11.9 Å². The van der Waals surface area contributed by atoms with E-state index in [0.29, 0.717) is 17.2 Å². The summed E-state index contributed by atoms with van der Waals surface area (Å²) in [6.07, 6.45) is 0. The third-order valence-electron chi connectivity index (χ3n) is 2.35. The molecule has 19 heavy (non-hydrogen) atoms. The van der Waals surface area contributed by atoms with Gasteiger partial charge in [0, 0.05) is 13.0 Å². The first kappa shape index (κ1) is 14.8. The Labute approximate surface area is 111 Å². The molecule has 0 aliphatic rings. The normalized spacial score (nSPS) is 11.4. The van der Waals surface area contributed by atoms with Crippen molar-refractivity contribution in [2.45, 2.75) is 19.9 Å². The van der Waals surface area contributed by atoms with Crippen molar-refractivity contribution < 1.29 is 23.8 Å². The summed E-state index contributed by atoms with van der Waals surface area (Å²) in [5.41, 5.74) is 0. The number of carbonyl (C=O) groups excluding carboxylic acids is 2. The van der Waals surface area contributed by atoms with Gasteiger partial charge in [-0.3, -0.25) is 4.79 Å². The van der Waals surface area contributed by atoms with Crippen molar-refractivity contribution in [1.82, 2.24) is 5.32 Å². The molecule has 1 aromatic rings. The molecular weight excluding hydrogens is 250 g/mol. The zero-order chi connectivity index (χ0) is 14.4. The molecule has 104 valence electrons. The zero-order valence-corrected chi connectivity index (χ0v) is 11.4. The number of carbonyl (C=O) groups is 2. The van der Waals surface area contributed by atoms with Crippen LogP contribution in [0.5, 0.6) is 17.2 Å². The molecule has 0 aliphatic heterocycles. The minimum absolute atomic E-state index is 0.295. The SMILES string of the molecule is COc1ccc(OC(=O)[C@H](C)NC(C)=O)cc1OC. The summed E-state index contributed by atoms with van der Waals surface area (Å²) in [4.78, 5) is 22.5. The van der Waals surface area contributed by atoms with Gasteiger partial charge in [-0.05, 0) is 19.1 Å². The summed E-state index contributed by atoms with van der Waals surface area (Å²) in [6, 6.07) is 4.03. The fourth-order valence-corrected chi connectivity index (χ4v) is 1.45. The summed E-state index contributed by atoms with van der Waals surface area (Å²) in [7, 11) is 3.01. The van der Waals surface area contributed by atoms with Crippen LogP contribution in [-0.4, -0.2) is 32.1 Å². The lowest BCUT2D eigenvalue weighted by atomic mass is 10.3. The monoisotopic (exact) mass is 267 g/mol. The molecule has 0 bridgehead atoms. The topological polar surface area (TPSA) is 73.9 Å². The maximum absolute atomic E-state index is 11.7. The van der Waals surface area contributed by atoms with Crippen molar-refractivity contribution in [1.29, 1.82) is 0 Å². The molecular formula is C13H17NO5. The Kier molecular flexibility index (Phi) is 5.17. The Morgan fingerprint density at radius 3 is 2.32 bits per heavy atom. The standard InChI is InChI=1S/C13H17NO5/c1-8(14-9(2)15)13(16)19-10-5-6-11(17-3)12(7-10)18-4/h5-8H,1-4H3,(H,14,15)/t8-/m0/s1. The molecule has 6 nitrogen and oxygen atoms in total. The Morgan fingerprint density at radius 1 is 1.16 bits per heavy atom. The van der Waals surface area contributed by atoms with Crippen molar-refractivity contribution in [3.05, 3.63) is 18.2 Å². The van der Waals surface area contributed by atoms with Crippen LogP contribution in [-0.2, 0) is 9.59 Å². The number of ether oxygens (including phenoxy) is 3. The van der Waals surface area contributed by atoms with E-state index in [0.717, 1.165) is 0 Å². The number of rotatable bonds is 5. The first-order valence-electron chi connectivity index (χ1n) is 5.68. The van der Waals surface area contributed by atoms with E-state index in [9.17, 15) is 9.59 Å². The third kappa shape index (κ3) is 4.17. The summed E-state index contributed by atoms with van der Waals surface area (Å²) in [5.74, 6) is 0.469. The highest BCUT2D eigenvalue weighted by Crippen LogP contribution is 2.30. The average molecular weight is 267 g/mol. The summed E-state index contributed by atoms with van der Waals surface area (Å²) in [5, 5.41) is 2.44. The second kappa shape index (κ2) is 6.63. The molecule has 1 amide bonds. The van der Waals surface area contributed by atoms with E-state index in [1.807, 2.05) is 0 Å². The third-order valence-corrected chi connectivity index (χ3v) is 2.35. The first-order chi connectivity index (χ1) is 8.97. The van der Waals surface area contributed by atoms with Gasteiger partial charge in [0.15, 0.2) is 11.5 Å². The van der Waals surface area contributed by atoms with Crippen molar-refractivity contribution in [3.63, 3.8) is 0 Å². The van der Waals surface area contributed by atoms with E-state index in [1.54, 1.807) is 19.1 Å². The number of hydrogen-bond donors (Lipinski definition) is 1. The van der Waals surface area contributed by atoms with Gasteiger partial charge < -0.3 is 19.5 Å². The molecule has 0 unspecified atom stereocenters. The Hall–Kier alpha value is -2.24. The van der Waals surface area contributed by atoms with Crippen LogP contribution >= 0.6 is 0 Å². The van der Waals surface area contributed by atoms with Gasteiger partial charge in [0.05, 0.1) is 14.2 Å². The van der Waals surface area contributed by atoms with Crippen LogP contribution in [0.15, 0.2) is 18.2 Å². The van der Waals surface area contributed by atoms with Gasteiger partial charge in [0.2, 0.25) is 5.91 Å². The molecule has 0 saturated heterocycles. The van der Waals surface area contributed by atoms with Gasteiger partial charge in [-0.15, -0.1) is 0 Å². The molecule has 1 aromatic carbocycles. The number of hydrogen-bond acceptors (Lipinski definition) is 5. The van der Waals surface area contributed by atoms with Crippen molar-refractivity contribution in [3.8, 4) is 17.2 Å². The maximum Gasteiger partial charge on any atom is 0.333 e. The molecule has 1 N–H and O–H groups in total. The number of benzene rings is 1. The van der Waals surface area contributed by atoms with E-state index in [4.69, 9.17) is 14.2 Å². The van der Waals surface area contributed by atoms with Gasteiger partial charge in [-0.1, -0.05) is 0 Å². The summed E-state index contributed by atoms with van der Waals surface area (Å²) < 4.78 is 15.3. The molecule has 0 radical (unpaired) electrons. The fourth-order valence-electron chi connectivity index (χ4n) is 1.45. The highest BCUT2D eigenvalue weighted by molar-refractivity contribution is 5.84. The smallest absolute Gasteiger partial charge is 0.333 e. The van der Waals surface area contributed by atoms with Crippen LogP contribution in [0.25, 0.3) is 0 Å². The zero-order valence-electron chi connectivity index (χ0n) is 11.4. The van der Waals surface area contributed by atoms with Gasteiger partial charge >= 0.3 is 5.97 Å². The highest BCUT2D eigenvalue weighted by Gasteiger charge is 2.17. The van der Waals surface area contributed by atoms with Crippen LogP contribution in [0.3, 0.4) is 0 Å². The highest BCUT2D eigenvalue weighted by atomic mass is 16.5. The van der Waals surface area contributed by atoms with E-state index < -0.39 is 12.0 Å². The first-order valence-corrected chi connectivity index (χ1v) is 5.68. The quantitative estimate of drug-likeness (QED) is 0.639. The predicted octanol–water partition coefficient (Wildman–Crippen LogP) is 1.13. The lowest BCUT2D eigenvalue weighted by Gasteiger charge is -2.13. The fraction of sp³-hybridized carbons (Fsp3) is 0.385. The van der Waals surface area contributed by atoms with Crippen molar-refractivity contribution in [2.24, 2.45) is 0 Å². The lowest BCUT2D eigenvalue weighted by Crippen LogP contribution is -2.39. The van der Waals surface area contributed by atoms with Gasteiger partial charge in [-0.25, -0.2) is 4.79 Å². The second-order valence-electron chi connectivity index (χ2n) is 3.86. The van der Waals surface area contributed by atoms with E-state index in [2.05, 4.69) is 5.32 Å². The van der Waals surface area contributed by atoms with E-state index >= 15 is 0 Å².